The fourth-order valence-electron chi connectivity index (χ4n) is 3.01. The van der Waals surface area contributed by atoms with Gasteiger partial charge in [-0.2, -0.15) is 0 Å². The zero-order valence-electron chi connectivity index (χ0n) is 13.2. The average molecular weight is 345 g/mol. The maximum atomic E-state index is 12.6. The van der Waals surface area contributed by atoms with E-state index in [1.807, 2.05) is 6.07 Å². The second kappa shape index (κ2) is 6.65. The summed E-state index contributed by atoms with van der Waals surface area (Å²) in [6, 6.07) is 11.7. The molecule has 0 aromatic heterocycles. The van der Waals surface area contributed by atoms with E-state index in [4.69, 9.17) is 5.11 Å². The molecule has 0 heterocycles. The minimum atomic E-state index is -3.69. The van der Waals surface area contributed by atoms with Crippen LogP contribution < -0.4 is 4.72 Å². The van der Waals surface area contributed by atoms with Crippen LogP contribution >= 0.6 is 0 Å². The van der Waals surface area contributed by atoms with Gasteiger partial charge < -0.3 is 5.11 Å². The fourth-order valence-corrected chi connectivity index (χ4v) is 4.11. The number of carboxylic acid groups (broad SMARTS) is 1. The van der Waals surface area contributed by atoms with Crippen LogP contribution in [0.5, 0.6) is 0 Å². The lowest BCUT2D eigenvalue weighted by Gasteiger charge is -2.17. The van der Waals surface area contributed by atoms with Crippen LogP contribution in [-0.2, 0) is 34.1 Å². The van der Waals surface area contributed by atoms with Crippen LogP contribution in [0.3, 0.4) is 0 Å². The molecule has 0 radical (unpaired) electrons. The second-order valence-electron chi connectivity index (χ2n) is 6.01. The normalized spacial score (nSPS) is 14.0. The Hall–Kier alpha value is -2.34. The molecule has 0 fully saturated rings. The monoisotopic (exact) mass is 345 g/mol. The smallest absolute Gasteiger partial charge is 0.307 e. The molecule has 6 heteroatoms. The molecule has 0 spiro atoms. The molecule has 1 aliphatic rings. The van der Waals surface area contributed by atoms with E-state index in [0.29, 0.717) is 11.3 Å². The van der Waals surface area contributed by atoms with E-state index < -0.39 is 16.0 Å². The summed E-state index contributed by atoms with van der Waals surface area (Å²) in [5.74, 6) is -0.954. The van der Waals surface area contributed by atoms with Crippen molar-refractivity contribution >= 4 is 21.7 Å². The number of aryl methyl sites for hydroxylation is 2. The highest BCUT2D eigenvalue weighted by atomic mass is 32.2. The highest BCUT2D eigenvalue weighted by Gasteiger charge is 2.18. The van der Waals surface area contributed by atoms with Gasteiger partial charge in [-0.05, 0) is 66.6 Å². The fraction of sp³-hybridized carbons (Fsp3) is 0.278. The van der Waals surface area contributed by atoms with Gasteiger partial charge in [0.05, 0.1) is 11.3 Å². The number of hydrogen-bond donors (Lipinski definition) is 2. The molecule has 2 N–H and O–H groups in total. The van der Waals surface area contributed by atoms with Crippen molar-refractivity contribution in [3.63, 3.8) is 0 Å². The average Bonchev–Trinajstić information content (AvgIpc) is 2.53. The predicted molar refractivity (Wildman–Crippen MR) is 91.7 cm³/mol. The van der Waals surface area contributed by atoms with E-state index >= 15 is 0 Å². The Morgan fingerprint density at radius 3 is 2.54 bits per heavy atom. The van der Waals surface area contributed by atoms with E-state index in [1.165, 1.54) is 5.56 Å². The van der Waals surface area contributed by atoms with Crippen molar-refractivity contribution in [3.8, 4) is 0 Å². The molecule has 24 heavy (non-hydrogen) atoms. The Morgan fingerprint density at radius 1 is 1.04 bits per heavy atom. The molecule has 0 amide bonds. The van der Waals surface area contributed by atoms with Gasteiger partial charge in [-0.15, -0.1) is 0 Å². The lowest BCUT2D eigenvalue weighted by molar-refractivity contribution is -0.136. The number of anilines is 1. The molecule has 0 saturated carbocycles. The maximum Gasteiger partial charge on any atom is 0.307 e. The third-order valence-electron chi connectivity index (χ3n) is 4.16. The molecule has 5 nitrogen and oxygen atoms in total. The van der Waals surface area contributed by atoms with Gasteiger partial charge in [0.2, 0.25) is 0 Å². The van der Waals surface area contributed by atoms with Crippen LogP contribution in [0.15, 0.2) is 47.4 Å². The summed E-state index contributed by atoms with van der Waals surface area (Å²) >= 11 is 0. The molecule has 126 valence electrons. The Balaban J connectivity index is 1.85. The molecule has 2 aromatic carbocycles. The molecular formula is C18H19NO4S. The van der Waals surface area contributed by atoms with Crippen molar-refractivity contribution in [3.05, 3.63) is 59.2 Å². The molecule has 3 rings (SSSR count). The van der Waals surface area contributed by atoms with Crippen molar-refractivity contribution in [1.29, 1.82) is 0 Å². The zero-order chi connectivity index (χ0) is 17.2. The summed E-state index contributed by atoms with van der Waals surface area (Å²) in [5, 5.41) is 8.84. The van der Waals surface area contributed by atoms with E-state index in [9.17, 15) is 13.2 Å². The minimum Gasteiger partial charge on any atom is -0.481 e. The number of hydrogen-bond acceptors (Lipinski definition) is 3. The molecule has 0 atom stereocenters. The first-order valence-corrected chi connectivity index (χ1v) is 9.38. The first kappa shape index (κ1) is 16.5. The lowest BCUT2D eigenvalue weighted by Crippen LogP contribution is -2.14. The largest absolute Gasteiger partial charge is 0.481 e. The predicted octanol–water partition coefficient (Wildman–Crippen LogP) is 2.99. The van der Waals surface area contributed by atoms with Crippen molar-refractivity contribution in [2.75, 3.05) is 4.72 Å². The van der Waals surface area contributed by atoms with Crippen molar-refractivity contribution in [1.82, 2.24) is 0 Å². The summed E-state index contributed by atoms with van der Waals surface area (Å²) in [5.41, 5.74) is 3.24. The highest BCUT2D eigenvalue weighted by molar-refractivity contribution is 7.92. The van der Waals surface area contributed by atoms with Crippen LogP contribution in [0.1, 0.15) is 29.5 Å². The number of nitrogens with one attached hydrogen (secondary N) is 1. The summed E-state index contributed by atoms with van der Waals surface area (Å²) in [6.07, 6.45) is 4.00. The number of sulfonamides is 1. The van der Waals surface area contributed by atoms with Crippen LogP contribution in [0.25, 0.3) is 0 Å². The van der Waals surface area contributed by atoms with E-state index in [-0.39, 0.29) is 11.3 Å². The Morgan fingerprint density at radius 2 is 1.79 bits per heavy atom. The summed E-state index contributed by atoms with van der Waals surface area (Å²) < 4.78 is 27.7. The number of aliphatic carboxylic acids is 1. The highest BCUT2D eigenvalue weighted by Crippen LogP contribution is 2.25. The van der Waals surface area contributed by atoms with Gasteiger partial charge in [0.15, 0.2) is 0 Å². The van der Waals surface area contributed by atoms with Gasteiger partial charge in [-0.3, -0.25) is 9.52 Å². The maximum absolute atomic E-state index is 12.6. The molecule has 0 aliphatic heterocycles. The molecule has 0 bridgehead atoms. The van der Waals surface area contributed by atoms with Crippen molar-refractivity contribution < 1.29 is 18.3 Å². The second-order valence-corrected chi connectivity index (χ2v) is 7.70. The Labute approximate surface area is 141 Å². The van der Waals surface area contributed by atoms with E-state index in [1.54, 1.807) is 36.4 Å². The topological polar surface area (TPSA) is 83.5 Å². The van der Waals surface area contributed by atoms with E-state index in [2.05, 4.69) is 4.72 Å². The van der Waals surface area contributed by atoms with E-state index in [0.717, 1.165) is 31.2 Å². The first-order valence-electron chi connectivity index (χ1n) is 7.89. The summed E-state index contributed by atoms with van der Waals surface area (Å²) in [4.78, 5) is 11.0. The minimum absolute atomic E-state index is 0.144. The Bertz CT molecular complexity index is 874. The van der Waals surface area contributed by atoms with Gasteiger partial charge in [0, 0.05) is 5.69 Å². The van der Waals surface area contributed by atoms with Gasteiger partial charge in [-0.1, -0.05) is 18.2 Å². The lowest BCUT2D eigenvalue weighted by atomic mass is 9.92. The van der Waals surface area contributed by atoms with Gasteiger partial charge >= 0.3 is 5.97 Å². The molecule has 2 aromatic rings. The third kappa shape index (κ3) is 3.76. The van der Waals surface area contributed by atoms with Crippen LogP contribution in [-0.4, -0.2) is 19.5 Å². The number of carboxylic acids is 1. The standard InChI is InChI=1S/C18H19NO4S/c20-18(21)11-13-4-3-7-16(10-13)19-24(22,23)17-9-8-14-5-1-2-6-15(14)12-17/h3-4,7-10,12,19H,1-2,5-6,11H2,(H,20,21). The zero-order valence-corrected chi connectivity index (χ0v) is 14.0. The first-order chi connectivity index (χ1) is 11.4. The van der Waals surface area contributed by atoms with Crippen LogP contribution in [0.2, 0.25) is 0 Å². The van der Waals surface area contributed by atoms with Crippen molar-refractivity contribution in [2.24, 2.45) is 0 Å². The van der Waals surface area contributed by atoms with Gasteiger partial charge in [0.1, 0.15) is 0 Å². The van der Waals surface area contributed by atoms with Crippen LogP contribution in [0.4, 0.5) is 5.69 Å². The van der Waals surface area contributed by atoms with Crippen LogP contribution in [0, 0.1) is 0 Å². The number of benzene rings is 2. The van der Waals surface area contributed by atoms with Crippen molar-refractivity contribution in [2.45, 2.75) is 37.0 Å². The summed E-state index contributed by atoms with van der Waals surface area (Å²) in [7, 11) is -3.69. The molecule has 0 unspecified atom stereocenters. The Kier molecular flexibility index (Phi) is 4.57. The number of fused-ring (bicyclic) bond motifs is 1. The van der Waals surface area contributed by atoms with Gasteiger partial charge in [-0.25, -0.2) is 8.42 Å². The SMILES string of the molecule is O=C(O)Cc1cccc(NS(=O)(=O)c2ccc3c(c2)CCCC3)c1. The molecule has 1 aliphatic carbocycles. The number of rotatable bonds is 5. The number of carbonyl (C=O) groups is 1. The quantitative estimate of drug-likeness (QED) is 0.872. The molecular weight excluding hydrogens is 326 g/mol. The summed E-state index contributed by atoms with van der Waals surface area (Å²) in [6.45, 7) is 0. The third-order valence-corrected chi connectivity index (χ3v) is 5.54. The van der Waals surface area contributed by atoms with Gasteiger partial charge in [0.25, 0.3) is 10.0 Å². The molecule has 0 saturated heterocycles.